The van der Waals surface area contributed by atoms with Gasteiger partial charge in [0.25, 0.3) is 0 Å². The zero-order valence-corrected chi connectivity index (χ0v) is 8.61. The number of hydrogen-bond acceptors (Lipinski definition) is 3. The van der Waals surface area contributed by atoms with Crippen molar-refractivity contribution in [2.75, 3.05) is 23.7 Å². The highest BCUT2D eigenvalue weighted by Gasteiger charge is 2.03. The van der Waals surface area contributed by atoms with Crippen LogP contribution >= 0.6 is 0 Å². The van der Waals surface area contributed by atoms with E-state index in [2.05, 4.69) is 23.4 Å². The Morgan fingerprint density at radius 3 is 3.00 bits per heavy atom. The third-order valence-corrected chi connectivity index (χ3v) is 1.97. The minimum absolute atomic E-state index is 0.563. The van der Waals surface area contributed by atoms with Gasteiger partial charge in [0, 0.05) is 31.0 Å². The smallest absolute Gasteiger partial charge is 0.125 e. The summed E-state index contributed by atoms with van der Waals surface area (Å²) in [6.07, 6.45) is 4.73. The summed E-state index contributed by atoms with van der Waals surface area (Å²) in [5.41, 5.74) is 6.74. The van der Waals surface area contributed by atoms with Crippen LogP contribution in [0.15, 0.2) is 31.0 Å². The van der Waals surface area contributed by atoms with Crippen molar-refractivity contribution in [3.8, 4) is 0 Å². The molecule has 2 N–H and O–H groups in total. The van der Waals surface area contributed by atoms with Crippen LogP contribution in [-0.2, 0) is 0 Å². The summed E-state index contributed by atoms with van der Waals surface area (Å²) in [7, 11) is 0. The second-order valence-electron chi connectivity index (χ2n) is 3.17. The molecule has 1 rings (SSSR count). The molecule has 3 heteroatoms. The average molecular weight is 191 g/mol. The second kappa shape index (κ2) is 5.27. The van der Waals surface area contributed by atoms with Crippen molar-refractivity contribution < 1.29 is 0 Å². The highest BCUT2D eigenvalue weighted by molar-refractivity contribution is 5.52. The number of aromatic nitrogens is 1. The largest absolute Gasteiger partial charge is 0.384 e. The van der Waals surface area contributed by atoms with E-state index in [4.69, 9.17) is 5.73 Å². The lowest BCUT2D eigenvalue weighted by atomic mass is 10.3. The molecule has 1 heterocycles. The average Bonchev–Trinajstić information content (AvgIpc) is 2.17. The first-order chi connectivity index (χ1) is 6.77. The molecular formula is C11H17N3. The summed E-state index contributed by atoms with van der Waals surface area (Å²) in [4.78, 5) is 6.19. The van der Waals surface area contributed by atoms with Crippen molar-refractivity contribution in [2.45, 2.75) is 13.3 Å². The topological polar surface area (TPSA) is 42.2 Å². The van der Waals surface area contributed by atoms with E-state index in [1.807, 2.05) is 18.2 Å². The lowest BCUT2D eigenvalue weighted by Gasteiger charge is -2.22. The van der Waals surface area contributed by atoms with Crippen molar-refractivity contribution in [3.05, 3.63) is 31.0 Å². The molecule has 0 saturated heterocycles. The molecular weight excluding hydrogens is 174 g/mol. The molecule has 1 aromatic rings. The van der Waals surface area contributed by atoms with E-state index in [1.165, 1.54) is 0 Å². The number of hydrogen-bond donors (Lipinski definition) is 1. The van der Waals surface area contributed by atoms with Crippen molar-refractivity contribution in [3.63, 3.8) is 0 Å². The van der Waals surface area contributed by atoms with Crippen LogP contribution < -0.4 is 10.6 Å². The van der Waals surface area contributed by atoms with Gasteiger partial charge in [-0.1, -0.05) is 13.0 Å². The molecule has 1 aromatic heterocycles. The third-order valence-electron chi connectivity index (χ3n) is 1.97. The molecule has 0 amide bonds. The van der Waals surface area contributed by atoms with Crippen LogP contribution in [0.3, 0.4) is 0 Å². The maximum Gasteiger partial charge on any atom is 0.125 e. The number of pyridine rings is 1. The molecule has 0 atom stereocenters. The van der Waals surface area contributed by atoms with E-state index in [9.17, 15) is 0 Å². The second-order valence-corrected chi connectivity index (χ2v) is 3.17. The molecule has 0 aliphatic rings. The van der Waals surface area contributed by atoms with Gasteiger partial charge in [0.15, 0.2) is 0 Å². The van der Waals surface area contributed by atoms with E-state index >= 15 is 0 Å². The minimum Gasteiger partial charge on any atom is -0.384 e. The lowest BCUT2D eigenvalue weighted by molar-refractivity contribution is 0.816. The van der Waals surface area contributed by atoms with Crippen LogP contribution in [-0.4, -0.2) is 18.1 Å². The van der Waals surface area contributed by atoms with Gasteiger partial charge in [0.05, 0.1) is 0 Å². The molecule has 0 aliphatic heterocycles. The Hall–Kier alpha value is -1.51. The lowest BCUT2D eigenvalue weighted by Crippen LogP contribution is -2.24. The van der Waals surface area contributed by atoms with Gasteiger partial charge in [-0.25, -0.2) is 4.98 Å². The quantitative estimate of drug-likeness (QED) is 0.724. The van der Waals surface area contributed by atoms with Crippen LogP contribution in [0.4, 0.5) is 11.5 Å². The molecule has 0 fully saturated rings. The molecule has 14 heavy (non-hydrogen) atoms. The zero-order chi connectivity index (χ0) is 10.4. The van der Waals surface area contributed by atoms with Gasteiger partial charge in [-0.2, -0.15) is 0 Å². The van der Waals surface area contributed by atoms with Gasteiger partial charge in [-0.05, 0) is 12.5 Å². The molecule has 3 nitrogen and oxygen atoms in total. The molecule has 0 unspecified atom stereocenters. The van der Waals surface area contributed by atoms with Crippen molar-refractivity contribution in [1.82, 2.24) is 4.98 Å². The van der Waals surface area contributed by atoms with Crippen LogP contribution in [0.1, 0.15) is 13.3 Å². The Balaban J connectivity index is 2.80. The summed E-state index contributed by atoms with van der Waals surface area (Å²) in [6, 6.07) is 3.86. The van der Waals surface area contributed by atoms with Gasteiger partial charge in [0.2, 0.25) is 0 Å². The predicted molar refractivity (Wildman–Crippen MR) is 61.4 cm³/mol. The van der Waals surface area contributed by atoms with Gasteiger partial charge in [-0.15, -0.1) is 6.58 Å². The Bertz CT molecular complexity index is 296. The van der Waals surface area contributed by atoms with Crippen LogP contribution in [0.5, 0.6) is 0 Å². The number of anilines is 2. The standard InChI is InChI=1S/C11H17N3/c1-3-7-14(8-4-2)10-5-6-13-11(12)9-10/h3,5-6,9H,1,4,7-8H2,2H3,(H2,12,13). The maximum atomic E-state index is 5.63. The van der Waals surface area contributed by atoms with Gasteiger partial charge in [-0.3, -0.25) is 0 Å². The summed E-state index contributed by atoms with van der Waals surface area (Å²) in [6.45, 7) is 7.75. The molecule has 0 spiro atoms. The van der Waals surface area contributed by atoms with Crippen LogP contribution in [0, 0.1) is 0 Å². The first kappa shape index (κ1) is 10.6. The fourth-order valence-corrected chi connectivity index (χ4v) is 1.38. The molecule has 0 radical (unpaired) electrons. The Labute approximate surface area is 85.3 Å². The molecule has 0 aliphatic carbocycles. The normalized spacial score (nSPS) is 9.79. The maximum absolute atomic E-state index is 5.63. The zero-order valence-electron chi connectivity index (χ0n) is 8.61. The van der Waals surface area contributed by atoms with Crippen LogP contribution in [0.25, 0.3) is 0 Å². The van der Waals surface area contributed by atoms with Gasteiger partial charge in [0.1, 0.15) is 5.82 Å². The van der Waals surface area contributed by atoms with Gasteiger partial charge >= 0.3 is 0 Å². The van der Waals surface area contributed by atoms with Crippen molar-refractivity contribution >= 4 is 11.5 Å². The monoisotopic (exact) mass is 191 g/mol. The molecule has 0 aromatic carbocycles. The molecule has 0 bridgehead atoms. The number of nitrogens with two attached hydrogens (primary N) is 1. The van der Waals surface area contributed by atoms with E-state index in [0.717, 1.165) is 25.2 Å². The Morgan fingerprint density at radius 1 is 1.64 bits per heavy atom. The summed E-state index contributed by atoms with van der Waals surface area (Å²) in [5.74, 6) is 0.563. The van der Waals surface area contributed by atoms with Gasteiger partial charge < -0.3 is 10.6 Å². The predicted octanol–water partition coefficient (Wildman–Crippen LogP) is 2.07. The minimum atomic E-state index is 0.563. The first-order valence-electron chi connectivity index (χ1n) is 4.85. The van der Waals surface area contributed by atoms with E-state index < -0.39 is 0 Å². The fourth-order valence-electron chi connectivity index (χ4n) is 1.38. The molecule has 0 saturated carbocycles. The van der Waals surface area contributed by atoms with Crippen molar-refractivity contribution in [1.29, 1.82) is 0 Å². The third kappa shape index (κ3) is 2.76. The van der Waals surface area contributed by atoms with E-state index in [1.54, 1.807) is 6.20 Å². The molecule has 76 valence electrons. The van der Waals surface area contributed by atoms with Crippen molar-refractivity contribution in [2.24, 2.45) is 0 Å². The summed E-state index contributed by atoms with van der Waals surface area (Å²) >= 11 is 0. The van der Waals surface area contributed by atoms with E-state index in [0.29, 0.717) is 5.82 Å². The number of rotatable bonds is 5. The Kier molecular flexibility index (Phi) is 3.98. The van der Waals surface area contributed by atoms with E-state index in [-0.39, 0.29) is 0 Å². The summed E-state index contributed by atoms with van der Waals surface area (Å²) < 4.78 is 0. The number of nitrogens with zero attached hydrogens (tertiary/aromatic N) is 2. The highest BCUT2D eigenvalue weighted by atomic mass is 15.1. The first-order valence-corrected chi connectivity index (χ1v) is 4.85. The SMILES string of the molecule is C=CCN(CCC)c1ccnc(N)c1. The Morgan fingerprint density at radius 2 is 2.43 bits per heavy atom. The number of nitrogen functional groups attached to an aromatic ring is 1. The fraction of sp³-hybridized carbons (Fsp3) is 0.364. The highest BCUT2D eigenvalue weighted by Crippen LogP contribution is 2.15. The van der Waals surface area contributed by atoms with Crippen LogP contribution in [0.2, 0.25) is 0 Å². The summed E-state index contributed by atoms with van der Waals surface area (Å²) in [5, 5.41) is 0.